The number of ether oxygens (including phenoxy) is 2. The zero-order valence-electron chi connectivity index (χ0n) is 20.2. The van der Waals surface area contributed by atoms with Gasteiger partial charge in [-0.2, -0.15) is 13.2 Å². The summed E-state index contributed by atoms with van der Waals surface area (Å²) < 4.78 is 77.6. The highest BCUT2D eigenvalue weighted by atomic mass is 32.2. The summed E-state index contributed by atoms with van der Waals surface area (Å²) in [6.45, 7) is -0.537. The molecule has 1 heterocycles. The van der Waals surface area contributed by atoms with Crippen LogP contribution in [0.1, 0.15) is 18.8 Å². The Morgan fingerprint density at radius 2 is 1.67 bits per heavy atom. The number of halogens is 3. The lowest BCUT2D eigenvalue weighted by Gasteiger charge is -2.13. The Morgan fingerprint density at radius 3 is 2.36 bits per heavy atom. The van der Waals surface area contributed by atoms with Crippen molar-refractivity contribution in [3.05, 3.63) is 90.1 Å². The first-order valence-corrected chi connectivity index (χ1v) is 12.7. The number of carbonyl (C=O) groups is 2. The van der Waals surface area contributed by atoms with Gasteiger partial charge in [-0.25, -0.2) is 13.1 Å². The minimum absolute atomic E-state index is 0. The maximum absolute atomic E-state index is 13.3. The Hall–Kier alpha value is -4.65. The number of methoxy groups -OCH3 is 1. The summed E-state index contributed by atoms with van der Waals surface area (Å²) in [5.41, 5.74) is -0.983. The van der Waals surface area contributed by atoms with Gasteiger partial charge in [-0.1, -0.05) is 18.2 Å². The molecule has 3 aromatic carbocycles. The van der Waals surface area contributed by atoms with Crippen LogP contribution in [0.4, 0.5) is 18.9 Å². The zero-order chi connectivity index (χ0) is 28.2. The van der Waals surface area contributed by atoms with Crippen molar-refractivity contribution in [1.29, 1.82) is 0 Å². The molecule has 0 aliphatic heterocycles. The van der Waals surface area contributed by atoms with E-state index in [1.807, 2.05) is 4.72 Å². The minimum atomic E-state index is -4.61. The van der Waals surface area contributed by atoms with E-state index in [2.05, 4.69) is 10.3 Å². The molecule has 2 amide bonds. The van der Waals surface area contributed by atoms with Crippen molar-refractivity contribution in [2.24, 2.45) is 0 Å². The molecule has 0 bridgehead atoms. The molecule has 0 fully saturated rings. The topological polar surface area (TPSA) is 124 Å². The van der Waals surface area contributed by atoms with E-state index in [0.717, 1.165) is 12.3 Å². The van der Waals surface area contributed by atoms with Crippen LogP contribution in [0.25, 0.3) is 10.9 Å². The first kappa shape index (κ1) is 27.4. The van der Waals surface area contributed by atoms with Crippen LogP contribution in [0.3, 0.4) is 0 Å². The maximum Gasteiger partial charge on any atom is 0.418 e. The van der Waals surface area contributed by atoms with E-state index in [1.54, 1.807) is 12.1 Å². The molecule has 0 unspecified atom stereocenters. The van der Waals surface area contributed by atoms with Gasteiger partial charge in [0.2, 0.25) is 0 Å². The van der Waals surface area contributed by atoms with Gasteiger partial charge in [0.25, 0.3) is 21.8 Å². The molecule has 9 nitrogen and oxygen atoms in total. The number of alkyl halides is 3. The Kier molecular flexibility index (Phi) is 7.72. The third-order valence-electron chi connectivity index (χ3n) is 5.42. The molecule has 206 valence electrons. The van der Waals surface area contributed by atoms with Crippen LogP contribution in [0.2, 0.25) is 0 Å². The largest absolute Gasteiger partial charge is 0.496 e. The third kappa shape index (κ3) is 6.26. The van der Waals surface area contributed by atoms with E-state index in [1.165, 1.54) is 61.7 Å². The smallest absolute Gasteiger partial charge is 0.418 e. The number of aromatic nitrogens is 1. The number of para-hydroxylation sites is 2. The molecular formula is C26H24F3N3O6S. The molecule has 0 radical (unpaired) electrons. The van der Waals surface area contributed by atoms with Crippen molar-refractivity contribution in [3.63, 3.8) is 0 Å². The van der Waals surface area contributed by atoms with Gasteiger partial charge in [0.15, 0.2) is 6.61 Å². The summed E-state index contributed by atoms with van der Waals surface area (Å²) in [7, 11) is -2.89. The summed E-state index contributed by atoms with van der Waals surface area (Å²) in [6, 6.07) is 15.9. The van der Waals surface area contributed by atoms with Crippen LogP contribution in [-0.4, -0.2) is 38.9 Å². The molecule has 0 atom stereocenters. The second-order valence-electron chi connectivity index (χ2n) is 8.00. The molecule has 39 heavy (non-hydrogen) atoms. The number of carbonyl (C=O) groups excluding carboxylic acids is 2. The Balaban J connectivity index is 0.00000294. The first-order chi connectivity index (χ1) is 18.5. The van der Waals surface area contributed by atoms with Gasteiger partial charge in [0.1, 0.15) is 11.5 Å². The highest BCUT2D eigenvalue weighted by molar-refractivity contribution is 7.90. The van der Waals surface area contributed by atoms with Gasteiger partial charge >= 0.3 is 6.18 Å². The molecule has 4 aromatic rings. The molecule has 0 aliphatic rings. The monoisotopic (exact) mass is 563 g/mol. The third-order valence-corrected chi connectivity index (χ3v) is 6.77. The van der Waals surface area contributed by atoms with E-state index < -0.39 is 40.2 Å². The molecule has 0 saturated heterocycles. The van der Waals surface area contributed by atoms with Gasteiger partial charge in [-0.3, -0.25) is 14.6 Å². The fourth-order valence-electron chi connectivity index (χ4n) is 3.63. The second-order valence-corrected chi connectivity index (χ2v) is 9.69. The Morgan fingerprint density at radius 1 is 0.949 bits per heavy atom. The normalized spacial score (nSPS) is 11.6. The van der Waals surface area contributed by atoms with Crippen LogP contribution in [0.15, 0.2) is 83.9 Å². The molecular weight excluding hydrogens is 539 g/mol. The summed E-state index contributed by atoms with van der Waals surface area (Å²) in [5, 5.41) is 2.59. The van der Waals surface area contributed by atoms with Crippen molar-refractivity contribution >= 4 is 38.4 Å². The van der Waals surface area contributed by atoms with Gasteiger partial charge in [-0.05, 0) is 54.6 Å². The first-order valence-electron chi connectivity index (χ1n) is 11.2. The van der Waals surface area contributed by atoms with Crippen molar-refractivity contribution in [2.45, 2.75) is 11.1 Å². The number of anilines is 1. The van der Waals surface area contributed by atoms with Gasteiger partial charge in [0.05, 0.1) is 28.6 Å². The van der Waals surface area contributed by atoms with E-state index in [4.69, 9.17) is 9.47 Å². The maximum atomic E-state index is 13.3. The predicted molar refractivity (Wildman–Crippen MR) is 139 cm³/mol. The Labute approximate surface area is 223 Å². The van der Waals surface area contributed by atoms with E-state index in [9.17, 15) is 31.2 Å². The average molecular weight is 564 g/mol. The van der Waals surface area contributed by atoms with E-state index in [0.29, 0.717) is 0 Å². The number of hydrogen-bond donors (Lipinski definition) is 2. The van der Waals surface area contributed by atoms with Crippen molar-refractivity contribution in [1.82, 2.24) is 9.71 Å². The summed E-state index contributed by atoms with van der Waals surface area (Å²) in [6.07, 6.45) is -3.46. The highest BCUT2D eigenvalue weighted by Crippen LogP contribution is 2.36. The van der Waals surface area contributed by atoms with Crippen LogP contribution in [0.5, 0.6) is 11.5 Å². The summed E-state index contributed by atoms with van der Waals surface area (Å²) in [5.74, 6) is -1.29. The molecule has 0 aliphatic carbocycles. The van der Waals surface area contributed by atoms with Crippen LogP contribution in [0, 0.1) is 0 Å². The molecule has 2 N–H and O–H groups in total. The number of pyridine rings is 1. The highest BCUT2D eigenvalue weighted by Gasteiger charge is 2.33. The van der Waals surface area contributed by atoms with Crippen LogP contribution < -0.4 is 19.5 Å². The van der Waals surface area contributed by atoms with Crippen molar-refractivity contribution < 1.29 is 43.5 Å². The number of hydrogen-bond acceptors (Lipinski definition) is 7. The number of nitrogens with one attached hydrogen (secondary N) is 2. The minimum Gasteiger partial charge on any atom is -0.496 e. The second kappa shape index (κ2) is 11.0. The van der Waals surface area contributed by atoms with E-state index >= 15 is 0 Å². The summed E-state index contributed by atoms with van der Waals surface area (Å²) in [4.78, 5) is 28.4. The zero-order valence-corrected chi connectivity index (χ0v) is 21.0. The Bertz CT molecular complexity index is 1650. The van der Waals surface area contributed by atoms with E-state index in [-0.39, 0.29) is 41.4 Å². The molecule has 13 heteroatoms. The summed E-state index contributed by atoms with van der Waals surface area (Å²) >= 11 is 0. The number of rotatable bonds is 8. The standard InChI is InChI=1S/C26H20F3N3O6S.2H2/c1-37-21-8-3-2-5-19(21)25(34)32-39(35,36)17-11-9-16(10-12-17)31-23(33)15-38-22-13-14-30-24-18(22)6-4-7-20(24)26(27,28)29;;/h2-14H,15H2,1H3,(H,31,33)(H,32,34);2*1H. The quantitative estimate of drug-likeness (QED) is 0.313. The molecule has 4 rings (SSSR count). The number of fused-ring (bicyclic) bond motifs is 1. The fraction of sp³-hybridized carbons (Fsp3) is 0.115. The van der Waals surface area contributed by atoms with Crippen LogP contribution in [-0.2, 0) is 21.0 Å². The fourth-order valence-corrected chi connectivity index (χ4v) is 4.60. The molecule has 0 spiro atoms. The van der Waals surface area contributed by atoms with Gasteiger partial charge in [-0.15, -0.1) is 0 Å². The number of benzene rings is 3. The number of sulfonamides is 1. The number of nitrogens with zero attached hydrogens (tertiary/aromatic N) is 1. The lowest BCUT2D eigenvalue weighted by atomic mass is 10.1. The number of amides is 2. The van der Waals surface area contributed by atoms with Crippen molar-refractivity contribution in [3.8, 4) is 11.5 Å². The van der Waals surface area contributed by atoms with Crippen LogP contribution >= 0.6 is 0 Å². The SMILES string of the molecule is COc1ccccc1C(=O)NS(=O)(=O)c1ccc(NC(=O)COc2ccnc3c(C(F)(F)F)cccc23)cc1.[HH].[HH]. The molecule has 1 aromatic heterocycles. The van der Waals surface area contributed by atoms with Gasteiger partial charge in [0, 0.05) is 20.1 Å². The molecule has 0 saturated carbocycles. The van der Waals surface area contributed by atoms with Crippen molar-refractivity contribution in [2.75, 3.05) is 19.0 Å². The lowest BCUT2D eigenvalue weighted by Crippen LogP contribution is -2.30. The van der Waals surface area contributed by atoms with Gasteiger partial charge < -0.3 is 14.8 Å². The lowest BCUT2D eigenvalue weighted by molar-refractivity contribution is -0.136. The predicted octanol–water partition coefficient (Wildman–Crippen LogP) is 4.89. The average Bonchev–Trinajstić information content (AvgIpc) is 2.91.